The van der Waals surface area contributed by atoms with Crippen LogP contribution in [0.5, 0.6) is 0 Å². The number of ether oxygens (including phenoxy) is 1. The van der Waals surface area contributed by atoms with Gasteiger partial charge in [-0.05, 0) is 12.8 Å². The van der Waals surface area contributed by atoms with Gasteiger partial charge in [0.2, 0.25) is 0 Å². The van der Waals surface area contributed by atoms with Gasteiger partial charge in [0.15, 0.2) is 0 Å². The maximum atomic E-state index is 12.7. The Bertz CT molecular complexity index is 662. The van der Waals surface area contributed by atoms with Crippen LogP contribution >= 0.6 is 0 Å². The molecule has 2 rings (SSSR count). The quantitative estimate of drug-likeness (QED) is 0.423. The van der Waals surface area contributed by atoms with E-state index in [2.05, 4.69) is 13.8 Å². The van der Waals surface area contributed by atoms with Crippen molar-refractivity contribution >= 4 is 0 Å². The van der Waals surface area contributed by atoms with Gasteiger partial charge in [-0.25, -0.2) is 28.1 Å². The molecule has 1 atom stereocenters. The maximum absolute atomic E-state index is 12.7. The average Bonchev–Trinajstić information content (AvgIpc) is 3.41. The number of nitrogens with zero attached hydrogens (tertiary/aromatic N) is 3. The SMILES string of the molecule is CCCCCCn1c(=O)n(CCCCCC)c(=O)n(CC2CO2)c1=O. The minimum atomic E-state index is -0.494. The largest absolute Gasteiger partial charge is 0.371 e. The third kappa shape index (κ3) is 5.42. The molecule has 0 aliphatic carbocycles. The van der Waals surface area contributed by atoms with E-state index in [1.54, 1.807) is 0 Å². The van der Waals surface area contributed by atoms with Crippen molar-refractivity contribution in [2.45, 2.75) is 91.0 Å². The second kappa shape index (κ2) is 9.75. The molecule has 25 heavy (non-hydrogen) atoms. The van der Waals surface area contributed by atoms with Gasteiger partial charge < -0.3 is 4.74 Å². The first-order valence-electron chi connectivity index (χ1n) is 9.66. The molecule has 0 radical (unpaired) electrons. The minimum Gasteiger partial charge on any atom is -0.371 e. The Kier molecular flexibility index (Phi) is 7.68. The van der Waals surface area contributed by atoms with Crippen LogP contribution in [0.4, 0.5) is 0 Å². The number of unbranched alkanes of at least 4 members (excludes halogenated alkanes) is 6. The molecule has 0 bridgehead atoms. The van der Waals surface area contributed by atoms with Crippen LogP contribution in [0.2, 0.25) is 0 Å². The van der Waals surface area contributed by atoms with Crippen molar-refractivity contribution in [2.75, 3.05) is 6.61 Å². The molecule has 1 aliphatic heterocycles. The number of epoxide rings is 1. The highest BCUT2D eigenvalue weighted by molar-refractivity contribution is 4.82. The Hall–Kier alpha value is -1.63. The van der Waals surface area contributed by atoms with Crippen LogP contribution < -0.4 is 17.1 Å². The molecule has 1 aliphatic rings. The number of rotatable bonds is 12. The molecule has 1 aromatic heterocycles. The van der Waals surface area contributed by atoms with Crippen molar-refractivity contribution in [3.05, 3.63) is 31.5 Å². The molecule has 1 unspecified atom stereocenters. The number of hydrogen-bond donors (Lipinski definition) is 0. The Morgan fingerprint density at radius 3 is 1.60 bits per heavy atom. The summed E-state index contributed by atoms with van der Waals surface area (Å²) in [5.74, 6) is 0. The first kappa shape index (κ1) is 19.7. The molecular weight excluding hydrogens is 322 g/mol. The molecule has 0 saturated carbocycles. The van der Waals surface area contributed by atoms with Crippen molar-refractivity contribution in [1.82, 2.24) is 13.7 Å². The van der Waals surface area contributed by atoms with E-state index in [0.717, 1.165) is 51.4 Å². The van der Waals surface area contributed by atoms with Gasteiger partial charge in [-0.1, -0.05) is 52.4 Å². The predicted molar refractivity (Wildman–Crippen MR) is 97.2 cm³/mol. The van der Waals surface area contributed by atoms with Crippen LogP contribution in [0.15, 0.2) is 14.4 Å². The highest BCUT2D eigenvalue weighted by Crippen LogP contribution is 2.09. The first-order chi connectivity index (χ1) is 12.1. The lowest BCUT2D eigenvalue weighted by Gasteiger charge is -2.13. The van der Waals surface area contributed by atoms with Crippen molar-refractivity contribution in [3.63, 3.8) is 0 Å². The van der Waals surface area contributed by atoms with Crippen molar-refractivity contribution < 1.29 is 4.74 Å². The first-order valence-corrected chi connectivity index (χ1v) is 9.66. The fraction of sp³-hybridized carbons (Fsp3) is 0.833. The summed E-state index contributed by atoms with van der Waals surface area (Å²) in [7, 11) is 0. The van der Waals surface area contributed by atoms with Crippen LogP contribution in [0.3, 0.4) is 0 Å². The molecule has 1 saturated heterocycles. The Morgan fingerprint density at radius 2 is 1.20 bits per heavy atom. The molecule has 2 heterocycles. The van der Waals surface area contributed by atoms with E-state index < -0.39 is 17.1 Å². The van der Waals surface area contributed by atoms with Crippen LogP contribution in [-0.4, -0.2) is 26.4 Å². The third-order valence-electron chi connectivity index (χ3n) is 4.64. The minimum absolute atomic E-state index is 0.0787. The third-order valence-corrected chi connectivity index (χ3v) is 4.64. The topological polar surface area (TPSA) is 78.5 Å². The van der Waals surface area contributed by atoms with Gasteiger partial charge >= 0.3 is 17.1 Å². The second-order valence-corrected chi connectivity index (χ2v) is 6.84. The fourth-order valence-corrected chi connectivity index (χ4v) is 2.99. The van der Waals surface area contributed by atoms with Crippen LogP contribution in [0.1, 0.15) is 65.2 Å². The van der Waals surface area contributed by atoms with Crippen LogP contribution in [-0.2, 0) is 24.4 Å². The summed E-state index contributed by atoms with van der Waals surface area (Å²) in [6.45, 7) is 5.79. The molecule has 7 nitrogen and oxygen atoms in total. The molecule has 0 amide bonds. The van der Waals surface area contributed by atoms with Gasteiger partial charge in [0.1, 0.15) is 0 Å². The van der Waals surface area contributed by atoms with E-state index in [4.69, 9.17) is 4.74 Å². The molecule has 7 heteroatoms. The van der Waals surface area contributed by atoms with Gasteiger partial charge in [0, 0.05) is 13.1 Å². The molecule has 0 aromatic carbocycles. The van der Waals surface area contributed by atoms with Crippen molar-refractivity contribution in [2.24, 2.45) is 0 Å². The van der Waals surface area contributed by atoms with Gasteiger partial charge in [-0.3, -0.25) is 0 Å². The summed E-state index contributed by atoms with van der Waals surface area (Å²) >= 11 is 0. The zero-order chi connectivity index (χ0) is 18.2. The normalized spacial score (nSPS) is 16.3. The summed E-state index contributed by atoms with van der Waals surface area (Å²) < 4.78 is 8.81. The van der Waals surface area contributed by atoms with E-state index in [1.807, 2.05) is 0 Å². The van der Waals surface area contributed by atoms with E-state index in [1.165, 1.54) is 13.7 Å². The molecule has 0 spiro atoms. The summed E-state index contributed by atoms with van der Waals surface area (Å²) in [4.78, 5) is 37.9. The lowest BCUT2D eigenvalue weighted by atomic mass is 10.2. The van der Waals surface area contributed by atoms with Gasteiger partial charge in [-0.15, -0.1) is 0 Å². The maximum Gasteiger partial charge on any atom is 0.336 e. The average molecular weight is 353 g/mol. The predicted octanol–water partition coefficient (Wildman–Crippen LogP) is 1.73. The van der Waals surface area contributed by atoms with Crippen LogP contribution in [0, 0.1) is 0 Å². The molecule has 0 N–H and O–H groups in total. The molecule has 142 valence electrons. The summed E-state index contributed by atoms with van der Waals surface area (Å²) in [6.07, 6.45) is 7.77. The monoisotopic (exact) mass is 353 g/mol. The fourth-order valence-electron chi connectivity index (χ4n) is 2.99. The summed E-state index contributed by atoms with van der Waals surface area (Å²) in [6, 6.07) is 0. The second-order valence-electron chi connectivity index (χ2n) is 6.84. The van der Waals surface area contributed by atoms with Gasteiger partial charge in [0.25, 0.3) is 0 Å². The Balaban J connectivity index is 2.27. The molecule has 1 fully saturated rings. The highest BCUT2D eigenvalue weighted by atomic mass is 16.6. The smallest absolute Gasteiger partial charge is 0.336 e. The standard InChI is InChI=1S/C18H31N3O4/c1-3-5-7-9-11-19-16(22)20(12-10-8-6-4-2)18(24)21(17(19)23)13-15-14-25-15/h15H,3-14H2,1-2H3. The van der Waals surface area contributed by atoms with E-state index >= 15 is 0 Å². The zero-order valence-corrected chi connectivity index (χ0v) is 15.5. The Labute approximate surface area is 148 Å². The lowest BCUT2D eigenvalue weighted by Crippen LogP contribution is -2.55. The summed E-state index contributed by atoms with van der Waals surface area (Å²) in [5.41, 5.74) is -1.45. The van der Waals surface area contributed by atoms with E-state index in [9.17, 15) is 14.4 Å². The zero-order valence-electron chi connectivity index (χ0n) is 15.5. The van der Waals surface area contributed by atoms with Crippen molar-refractivity contribution in [3.8, 4) is 0 Å². The van der Waals surface area contributed by atoms with Gasteiger partial charge in [0.05, 0.1) is 19.3 Å². The summed E-state index contributed by atoms with van der Waals surface area (Å²) in [5, 5.41) is 0. The van der Waals surface area contributed by atoms with E-state index in [0.29, 0.717) is 19.7 Å². The Morgan fingerprint density at radius 1 is 0.760 bits per heavy atom. The lowest BCUT2D eigenvalue weighted by molar-refractivity contribution is 0.354. The van der Waals surface area contributed by atoms with Gasteiger partial charge in [-0.2, -0.15) is 0 Å². The van der Waals surface area contributed by atoms with Crippen LogP contribution in [0.25, 0.3) is 0 Å². The number of aromatic nitrogens is 3. The van der Waals surface area contributed by atoms with Crippen molar-refractivity contribution in [1.29, 1.82) is 0 Å². The van der Waals surface area contributed by atoms with E-state index in [-0.39, 0.29) is 12.6 Å². The molecule has 1 aromatic rings. The number of hydrogen-bond acceptors (Lipinski definition) is 4. The molecular formula is C18H31N3O4. The highest BCUT2D eigenvalue weighted by Gasteiger charge is 2.26.